The number of aliphatic hydroxyl groups excluding tert-OH is 1. The predicted molar refractivity (Wildman–Crippen MR) is 111 cm³/mol. The van der Waals surface area contributed by atoms with Crippen LogP contribution in [0.1, 0.15) is 36.5 Å². The molecule has 0 aromatic carbocycles. The molecule has 3 atom stereocenters. The highest BCUT2D eigenvalue weighted by Gasteiger charge is 2.43. The highest BCUT2D eigenvalue weighted by atomic mass is 16.3. The number of carbonyl (C=O) groups is 1. The molecule has 3 heterocycles. The molecule has 8 nitrogen and oxygen atoms in total. The van der Waals surface area contributed by atoms with Crippen LogP contribution in [0, 0.1) is 23.2 Å². The molecule has 1 unspecified atom stereocenters. The lowest BCUT2D eigenvalue weighted by atomic mass is 9.87. The zero-order valence-corrected chi connectivity index (χ0v) is 16.2. The summed E-state index contributed by atoms with van der Waals surface area (Å²) in [6.45, 7) is 0. The molecule has 2 aliphatic rings. The highest BCUT2D eigenvalue weighted by molar-refractivity contribution is 5.98. The first-order chi connectivity index (χ1) is 14.5. The summed E-state index contributed by atoms with van der Waals surface area (Å²) < 4.78 is 0. The van der Waals surface area contributed by atoms with Crippen LogP contribution in [0.25, 0.3) is 22.0 Å². The minimum Gasteiger partial charge on any atom is -0.388 e. The number of fused-ring (bicyclic) bond motifs is 2. The summed E-state index contributed by atoms with van der Waals surface area (Å²) in [4.78, 5) is 25.4. The number of rotatable bonds is 3. The van der Waals surface area contributed by atoms with Crippen LogP contribution in [0.5, 0.6) is 0 Å². The Hall–Kier alpha value is -3.57. The van der Waals surface area contributed by atoms with Crippen molar-refractivity contribution in [3.05, 3.63) is 41.9 Å². The molecule has 1 fully saturated rings. The number of nitrogens with one attached hydrogen (secondary N) is 1. The Balaban J connectivity index is 1.53. The fourth-order valence-corrected chi connectivity index (χ4v) is 4.14. The van der Waals surface area contributed by atoms with Crippen LogP contribution in [-0.4, -0.2) is 26.0 Å². The summed E-state index contributed by atoms with van der Waals surface area (Å²) >= 11 is 0. The van der Waals surface area contributed by atoms with Gasteiger partial charge in [-0.25, -0.2) is 9.97 Å². The maximum Gasteiger partial charge on any atom is 0.230 e. The fourth-order valence-electron chi connectivity index (χ4n) is 4.14. The van der Waals surface area contributed by atoms with Gasteiger partial charge in [-0.05, 0) is 48.8 Å². The van der Waals surface area contributed by atoms with Gasteiger partial charge in [-0.15, -0.1) is 0 Å². The monoisotopic (exact) mass is 400 g/mol. The van der Waals surface area contributed by atoms with Gasteiger partial charge >= 0.3 is 0 Å². The van der Waals surface area contributed by atoms with E-state index >= 15 is 0 Å². The van der Waals surface area contributed by atoms with Crippen molar-refractivity contribution in [1.82, 2.24) is 15.0 Å². The van der Waals surface area contributed by atoms with Gasteiger partial charge in [-0.3, -0.25) is 9.78 Å². The third kappa shape index (κ3) is 3.13. The number of nitriles is 1. The predicted octanol–water partition coefficient (Wildman–Crippen LogP) is 2.74. The maximum absolute atomic E-state index is 12.3. The minimum absolute atomic E-state index is 0.189. The van der Waals surface area contributed by atoms with Crippen LogP contribution < -0.4 is 11.1 Å². The Bertz CT molecular complexity index is 1220. The quantitative estimate of drug-likeness (QED) is 0.614. The van der Waals surface area contributed by atoms with Crippen molar-refractivity contribution in [3.63, 3.8) is 0 Å². The average molecular weight is 400 g/mol. The zero-order chi connectivity index (χ0) is 20.8. The first-order valence-electron chi connectivity index (χ1n) is 9.97. The molecule has 1 saturated carbocycles. The molecule has 0 aliphatic heterocycles. The van der Waals surface area contributed by atoms with E-state index in [1.165, 1.54) is 0 Å². The fraction of sp³-hybridized carbons (Fsp3) is 0.318. The van der Waals surface area contributed by atoms with Gasteiger partial charge in [0.05, 0.1) is 29.7 Å². The van der Waals surface area contributed by atoms with Gasteiger partial charge in [0.2, 0.25) is 5.91 Å². The van der Waals surface area contributed by atoms with Crippen molar-refractivity contribution in [2.45, 2.75) is 31.8 Å². The number of aliphatic hydroxyl groups is 1. The van der Waals surface area contributed by atoms with Gasteiger partial charge in [0.15, 0.2) is 0 Å². The minimum atomic E-state index is -0.510. The number of hydrogen-bond donors (Lipinski definition) is 3. The van der Waals surface area contributed by atoms with Crippen LogP contribution in [0.3, 0.4) is 0 Å². The third-order valence-electron chi connectivity index (χ3n) is 5.92. The van der Waals surface area contributed by atoms with Crippen LogP contribution in [-0.2, 0) is 11.2 Å². The van der Waals surface area contributed by atoms with Crippen molar-refractivity contribution in [3.8, 4) is 17.3 Å². The molecule has 1 amide bonds. The number of hydrogen-bond acceptors (Lipinski definition) is 7. The number of nitrogen functional groups attached to an aromatic ring is 1. The van der Waals surface area contributed by atoms with E-state index in [1.54, 1.807) is 24.7 Å². The van der Waals surface area contributed by atoms with Crippen LogP contribution in [0.15, 0.2) is 30.7 Å². The first kappa shape index (κ1) is 18.5. The van der Waals surface area contributed by atoms with E-state index in [0.717, 1.165) is 41.3 Å². The van der Waals surface area contributed by atoms with E-state index in [4.69, 9.17) is 11.0 Å². The summed E-state index contributed by atoms with van der Waals surface area (Å²) in [7, 11) is 0. The van der Waals surface area contributed by atoms with Gasteiger partial charge in [0.1, 0.15) is 11.6 Å². The van der Waals surface area contributed by atoms with Crippen molar-refractivity contribution in [2.75, 3.05) is 11.1 Å². The molecule has 5 rings (SSSR count). The van der Waals surface area contributed by atoms with Crippen molar-refractivity contribution >= 4 is 28.3 Å². The number of aromatic nitrogens is 3. The molecule has 3 aromatic heterocycles. The molecule has 4 N–H and O–H groups in total. The van der Waals surface area contributed by atoms with E-state index in [-0.39, 0.29) is 17.7 Å². The van der Waals surface area contributed by atoms with E-state index in [9.17, 15) is 9.90 Å². The lowest BCUT2D eigenvalue weighted by molar-refractivity contribution is -0.117. The maximum atomic E-state index is 12.3. The second-order valence-corrected chi connectivity index (χ2v) is 7.91. The van der Waals surface area contributed by atoms with Gasteiger partial charge < -0.3 is 16.2 Å². The summed E-state index contributed by atoms with van der Waals surface area (Å²) in [5.41, 5.74) is 9.63. The largest absolute Gasteiger partial charge is 0.388 e. The number of carbonyl (C=O) groups excluding carboxylic acids is 1. The topological polar surface area (TPSA) is 138 Å². The third-order valence-corrected chi connectivity index (χ3v) is 5.92. The SMILES string of the molecule is N#C[C@@H]1C[C@H]1C(=O)Nc1cc2cc(-c3cncc4c3CCCC4O)nc(N)c2cn1. The molecule has 30 heavy (non-hydrogen) atoms. The van der Waals surface area contributed by atoms with Crippen molar-refractivity contribution in [1.29, 1.82) is 5.26 Å². The molecule has 0 spiro atoms. The Labute approximate surface area is 172 Å². The molecular weight excluding hydrogens is 380 g/mol. The molecule has 0 radical (unpaired) electrons. The van der Waals surface area contributed by atoms with E-state index in [0.29, 0.717) is 29.1 Å². The lowest BCUT2D eigenvalue weighted by Crippen LogP contribution is -2.15. The van der Waals surface area contributed by atoms with Gasteiger partial charge in [0.25, 0.3) is 0 Å². The Kier molecular flexibility index (Phi) is 4.33. The Morgan fingerprint density at radius 1 is 1.30 bits per heavy atom. The molecule has 0 saturated heterocycles. The highest BCUT2D eigenvalue weighted by Crippen LogP contribution is 2.39. The average Bonchev–Trinajstić information content (AvgIpc) is 3.54. The van der Waals surface area contributed by atoms with Gasteiger partial charge in [-0.1, -0.05) is 0 Å². The molecular formula is C22H20N6O2. The van der Waals surface area contributed by atoms with Gasteiger partial charge in [0, 0.05) is 35.1 Å². The van der Waals surface area contributed by atoms with Crippen LogP contribution in [0.4, 0.5) is 11.6 Å². The van der Waals surface area contributed by atoms with E-state index < -0.39 is 6.10 Å². The summed E-state index contributed by atoms with van der Waals surface area (Å²) in [6, 6.07) is 5.78. The second-order valence-electron chi connectivity index (χ2n) is 7.91. The summed E-state index contributed by atoms with van der Waals surface area (Å²) in [5.74, 6) is 0.0961. The lowest BCUT2D eigenvalue weighted by Gasteiger charge is -2.23. The van der Waals surface area contributed by atoms with Crippen LogP contribution in [0.2, 0.25) is 0 Å². The standard InChI is InChI=1S/C22H20N6O2/c23-7-12-4-14(12)22(30)28-20-6-11-5-18(27-21(24)15(11)10-26-20)16-8-25-9-17-13(16)2-1-3-19(17)29/h5-6,8-10,12,14,19,29H,1-4H2,(H2,24,27)(H,26,28,30)/t12-,14+,19?/m0/s1. The molecule has 0 bridgehead atoms. The molecule has 150 valence electrons. The number of nitrogens with zero attached hydrogens (tertiary/aromatic N) is 4. The Morgan fingerprint density at radius 2 is 2.17 bits per heavy atom. The smallest absolute Gasteiger partial charge is 0.230 e. The van der Waals surface area contributed by atoms with E-state index in [2.05, 4.69) is 26.3 Å². The second kappa shape index (κ2) is 7.04. The number of pyridine rings is 3. The van der Waals surface area contributed by atoms with Crippen LogP contribution >= 0.6 is 0 Å². The summed E-state index contributed by atoms with van der Waals surface area (Å²) in [6.07, 6.45) is 7.63. The zero-order valence-electron chi connectivity index (χ0n) is 16.2. The Morgan fingerprint density at radius 3 is 2.97 bits per heavy atom. The number of amides is 1. The van der Waals surface area contributed by atoms with E-state index in [1.807, 2.05) is 6.07 Å². The normalized spacial score (nSPS) is 22.2. The van der Waals surface area contributed by atoms with Crippen molar-refractivity contribution < 1.29 is 9.90 Å². The molecule has 3 aromatic rings. The molecule has 8 heteroatoms. The first-order valence-corrected chi connectivity index (χ1v) is 9.97. The van der Waals surface area contributed by atoms with Gasteiger partial charge in [-0.2, -0.15) is 5.26 Å². The number of nitrogens with two attached hydrogens (primary N) is 1. The van der Waals surface area contributed by atoms with Crippen molar-refractivity contribution in [2.24, 2.45) is 11.8 Å². The summed E-state index contributed by atoms with van der Waals surface area (Å²) in [5, 5.41) is 23.5. The number of anilines is 2. The molecule has 2 aliphatic carbocycles.